The fourth-order valence-corrected chi connectivity index (χ4v) is 18.1. The van der Waals surface area contributed by atoms with Crippen molar-refractivity contribution < 1.29 is 131 Å². The number of carboxylic acids is 4. The van der Waals surface area contributed by atoms with Crippen LogP contribution in [-0.4, -0.2) is 270 Å². The van der Waals surface area contributed by atoms with E-state index in [0.29, 0.717) is 21.9 Å². The fourth-order valence-electron chi connectivity index (χ4n) is 14.6. The molecule has 2 aliphatic rings. The number of hydrogen-bond acceptors (Lipinski definition) is 27. The van der Waals surface area contributed by atoms with E-state index in [2.05, 4.69) is 63.8 Å². The number of benzene rings is 5. The lowest BCUT2D eigenvalue weighted by molar-refractivity contribution is -0.142. The van der Waals surface area contributed by atoms with E-state index in [1.807, 2.05) is 0 Å². The molecule has 15 atom stereocenters. The molecule has 138 heavy (non-hydrogen) atoms. The third-order valence-corrected chi connectivity index (χ3v) is 25.6. The molecule has 0 fully saturated rings. The molecule has 0 spiro atoms. The molecule has 2 heterocycles. The van der Waals surface area contributed by atoms with Gasteiger partial charge in [-0.15, -0.1) is 35.3 Å². The van der Waals surface area contributed by atoms with E-state index in [-0.39, 0.29) is 45.4 Å². The zero-order chi connectivity index (χ0) is 102. The molecule has 5 aromatic rings. The van der Waals surface area contributed by atoms with Crippen LogP contribution < -0.4 is 81.0 Å². The Morgan fingerprint density at radius 2 is 0.913 bits per heavy atom. The highest BCUT2D eigenvalue weighted by Gasteiger charge is 2.42. The quantitative estimate of drug-likeness (QED) is 0.0302. The molecule has 23 N–H and O–H groups in total. The van der Waals surface area contributed by atoms with Crippen molar-refractivity contribution in [3.05, 3.63) is 132 Å². The lowest BCUT2D eigenvalue weighted by atomic mass is 9.81. The van der Waals surface area contributed by atoms with Crippen molar-refractivity contribution in [3.63, 3.8) is 0 Å². The maximum Gasteiger partial charge on any atom is 0.305 e. The van der Waals surface area contributed by atoms with Crippen molar-refractivity contribution in [1.82, 2.24) is 68.7 Å². The number of fused-ring (bicyclic) bond motifs is 5. The number of rotatable bonds is 27. The first-order chi connectivity index (χ1) is 65.0. The molecule has 5 aromatic carbocycles. The summed E-state index contributed by atoms with van der Waals surface area (Å²) in [4.78, 5) is 314. The van der Waals surface area contributed by atoms with Gasteiger partial charge in [0.1, 0.15) is 60.1 Å². The maximum atomic E-state index is 15.6. The van der Waals surface area contributed by atoms with E-state index in [1.54, 1.807) is 60.7 Å². The van der Waals surface area contributed by atoms with Gasteiger partial charge in [0, 0.05) is 103 Å². The van der Waals surface area contributed by atoms with Crippen LogP contribution >= 0.6 is 35.3 Å². The summed E-state index contributed by atoms with van der Waals surface area (Å²) in [6, 6.07) is 6.62. The third-order valence-electron chi connectivity index (χ3n) is 22.3. The molecule has 0 saturated heterocycles. The lowest BCUT2D eigenvalue weighted by Crippen LogP contribution is -2.61. The number of carbonyl (C=O) groups excluding carboxylic acids is 18. The number of amides is 15. The Morgan fingerprint density at radius 3 is 1.45 bits per heavy atom. The molecule has 4 bridgehead atoms. The van der Waals surface area contributed by atoms with Crippen LogP contribution in [0.15, 0.2) is 130 Å². The number of ketones is 3. The molecule has 2 aliphatic heterocycles. The minimum absolute atomic E-state index is 0.0560. The number of nitrogens with zero attached hydrogens (tertiary/aromatic N) is 1. The van der Waals surface area contributed by atoms with E-state index in [4.69, 9.17) is 17.2 Å². The van der Waals surface area contributed by atoms with Crippen LogP contribution in [0.5, 0.6) is 5.75 Å². The van der Waals surface area contributed by atoms with Crippen LogP contribution in [0.2, 0.25) is 0 Å². The number of aromatic hydroxyl groups is 1. The summed E-state index contributed by atoms with van der Waals surface area (Å²) < 4.78 is 0. The number of nitrogens with two attached hydrogens (primary N) is 3. The monoisotopic (exact) mass is 1970 g/mol. The topological polar surface area (TPSA) is 702 Å². The van der Waals surface area contributed by atoms with Crippen LogP contribution in [0, 0.1) is 23.2 Å². The van der Waals surface area contributed by atoms with Crippen molar-refractivity contribution in [2.24, 2.45) is 40.4 Å². The van der Waals surface area contributed by atoms with Crippen molar-refractivity contribution in [1.29, 1.82) is 0 Å². The molecule has 0 unspecified atom stereocenters. The standard InChI is InChI=1S/C92H116N16O27S3/c1-46(96-73(114)42-108(7)74(115)28-29-93)69(110)35-55-44-137-58-36-57-37-59(38-58)138-45-68(106-82(126)48(3)97-83(127)53(32-52-18-13-17-51-16-11-12-19-60(51)52)33-70(111)61(24-26-75(116)117)99-88(132)65(39-72(94)113)101-81(125)47(2)98-84(55)128)91(135)100-62(25-27-76(118)119)85(129)104-66(40-77(120)121)89(133)103-63(30-49-14-9-8-10-15-49)86(130)102-64(31-50-20-22-56(109)23-21-50)87(131)105-67(41-78(122)123)90(134)107-79(92(4,5)6)71(112)34-54(43-136-57)80(95)124/h8-23,36-38,46-48,53-55,61-68,79,109H,24-35,39-45,93H2,1-7H3,(H2,94,113)(H2,95,124)(H,96,114)(H,97,127)(H,98,128)(H,99,132)(H,100,135)(H,101,125)(H,102,130)(H,103,133)(H,104,129)(H,105,131)(H,106,126)(H,107,134)(H,116,117)(H,118,119)(H,120,121)(H,122,123)/t46-,47+,48+,53+,54-,55-,61-,62-,63-,64-,65-,66-,67-,68-,79+/m0/s1. The van der Waals surface area contributed by atoms with Crippen LogP contribution in [0.3, 0.4) is 0 Å². The summed E-state index contributed by atoms with van der Waals surface area (Å²) in [7, 11) is 1.31. The van der Waals surface area contributed by atoms with Crippen molar-refractivity contribution in [2.75, 3.05) is 37.4 Å². The average molecular weight is 1970 g/mol. The minimum atomic E-state index is -2.26. The third kappa shape index (κ3) is 36.0. The molecule has 7 rings (SSSR count). The van der Waals surface area contributed by atoms with Crippen molar-refractivity contribution in [2.45, 2.75) is 219 Å². The molecule has 46 heteroatoms. The van der Waals surface area contributed by atoms with E-state index in [0.717, 1.165) is 54.0 Å². The highest BCUT2D eigenvalue weighted by atomic mass is 32.2. The van der Waals surface area contributed by atoms with E-state index in [1.165, 1.54) is 89.3 Å². The number of primary amides is 2. The van der Waals surface area contributed by atoms with Gasteiger partial charge in [0.05, 0.1) is 55.8 Å². The van der Waals surface area contributed by atoms with Gasteiger partial charge in [-0.25, -0.2) is 0 Å². The van der Waals surface area contributed by atoms with E-state index in [9.17, 15) is 92.7 Å². The van der Waals surface area contributed by atoms with Gasteiger partial charge in [-0.05, 0) is 103 Å². The molecule has 0 saturated carbocycles. The second-order valence-corrected chi connectivity index (χ2v) is 37.8. The Balaban J connectivity index is 1.46. The first-order valence-electron chi connectivity index (χ1n) is 44.0. The van der Waals surface area contributed by atoms with Gasteiger partial charge >= 0.3 is 23.9 Å². The number of Topliss-reactive ketones (excluding diaryl/α,β-unsaturated/α-hetero) is 3. The van der Waals surface area contributed by atoms with Crippen LogP contribution in [0.1, 0.15) is 129 Å². The highest BCUT2D eigenvalue weighted by Crippen LogP contribution is 2.36. The van der Waals surface area contributed by atoms with Gasteiger partial charge in [0.2, 0.25) is 88.6 Å². The summed E-state index contributed by atoms with van der Waals surface area (Å²) >= 11 is 2.47. The molecule has 15 amide bonds. The first kappa shape index (κ1) is 111. The fraction of sp³-hybridized carbons (Fsp3) is 0.457. The van der Waals surface area contributed by atoms with Gasteiger partial charge in [-0.3, -0.25) is 105 Å². The second kappa shape index (κ2) is 53.0. The number of aliphatic carboxylic acids is 4. The van der Waals surface area contributed by atoms with Crippen molar-refractivity contribution in [3.8, 4) is 5.75 Å². The largest absolute Gasteiger partial charge is 0.508 e. The van der Waals surface area contributed by atoms with Gasteiger partial charge in [-0.2, -0.15) is 0 Å². The molecular formula is C92H116N16O27S3. The number of phenolic OH excluding ortho intramolecular Hbond substituents is 1. The Labute approximate surface area is 805 Å². The summed E-state index contributed by atoms with van der Waals surface area (Å²) in [5.41, 5.74) is 17.0. The van der Waals surface area contributed by atoms with Gasteiger partial charge in [0.15, 0.2) is 17.3 Å². The Hall–Kier alpha value is -13.9. The predicted octanol–water partition coefficient (Wildman–Crippen LogP) is -0.927. The van der Waals surface area contributed by atoms with Crippen LogP contribution in [0.25, 0.3) is 10.8 Å². The SMILES string of the molecule is C[C@H](NC(=O)CN(C)C(=O)CCN)C(=O)C[C@H]1CSc2cc3cc(c2)SC[C@H](NC(=O)[C@@H](C)NC(=O)[C@H](Cc2cccc4ccccc24)CC(=O)[C@H](CCC(=O)O)NC(=O)[C@H](CC(N)=O)NC(=O)[C@@H](C)NC1=O)C(=O)N[C@@H](CCC(=O)O)C(=O)N[C@@H](CC(=O)O)C(=O)N[C@@H](Cc1ccccc1)C(=O)N[C@@H](Cc1ccc(O)cc1)C(=O)N[C@@H](CC(=O)O)C(=O)N[C@@H](C(C)(C)C)C(=O)C[C@H](C(N)=O)CS3. The smallest absolute Gasteiger partial charge is 0.305 e. The normalized spacial score (nSPS) is 23.2. The summed E-state index contributed by atoms with van der Waals surface area (Å²) in [6.07, 6.45) is -10.6. The molecular weight excluding hydrogens is 1860 g/mol. The predicted molar refractivity (Wildman–Crippen MR) is 500 cm³/mol. The number of carbonyl (C=O) groups is 22. The number of nitrogens with one attached hydrogen (secondary N) is 12. The molecule has 0 aromatic heterocycles. The Kier molecular flexibility index (Phi) is 42.7. The van der Waals surface area contributed by atoms with E-state index < -0.39 is 326 Å². The molecule has 0 aliphatic carbocycles. The lowest BCUT2D eigenvalue weighted by Gasteiger charge is -2.32. The number of thioether (sulfide) groups is 3. The van der Waals surface area contributed by atoms with Crippen LogP contribution in [0.4, 0.5) is 0 Å². The van der Waals surface area contributed by atoms with Gasteiger partial charge in [-0.1, -0.05) is 106 Å². The zero-order valence-corrected chi connectivity index (χ0v) is 79.1. The number of likely N-dealkylation sites (N-methyl/N-ethyl adjacent to an activating group) is 1. The number of carboxylic acid groups (broad SMARTS) is 4. The number of hydrogen-bond donors (Lipinski definition) is 20. The maximum absolute atomic E-state index is 15.6. The Bertz CT molecular complexity index is 5370. The minimum Gasteiger partial charge on any atom is -0.508 e. The van der Waals surface area contributed by atoms with E-state index >= 15 is 38.4 Å². The van der Waals surface area contributed by atoms with Crippen molar-refractivity contribution >= 4 is 176 Å². The highest BCUT2D eigenvalue weighted by molar-refractivity contribution is 8.00. The molecule has 0 radical (unpaired) electrons. The first-order valence-corrected chi connectivity index (χ1v) is 46.9. The average Bonchev–Trinajstić information content (AvgIpc) is 0.809. The summed E-state index contributed by atoms with van der Waals surface area (Å²) in [6.45, 7) is 7.48. The van der Waals surface area contributed by atoms with Crippen LogP contribution in [-0.2, 0) is 125 Å². The second-order valence-electron chi connectivity index (χ2n) is 34.5. The molecule has 43 nitrogen and oxygen atoms in total. The Morgan fingerprint density at radius 1 is 0.457 bits per heavy atom. The molecule has 744 valence electrons. The summed E-state index contributed by atoms with van der Waals surface area (Å²) in [5.74, 6) is -32.9. The van der Waals surface area contributed by atoms with Gasteiger partial charge in [0.25, 0.3) is 0 Å². The zero-order valence-electron chi connectivity index (χ0n) is 76.7. The summed E-state index contributed by atoms with van der Waals surface area (Å²) in [5, 5.41) is 81.6. The van der Waals surface area contributed by atoms with Gasteiger partial charge < -0.3 is 111 Å². The number of phenols is 1.